The van der Waals surface area contributed by atoms with E-state index in [1.54, 1.807) is 9.80 Å². The molecule has 0 aromatic heterocycles. The number of hydrogen-bond acceptors (Lipinski definition) is 20. The van der Waals surface area contributed by atoms with E-state index in [-0.39, 0.29) is 139 Å². The quantitative estimate of drug-likeness (QED) is 0.0210. The highest BCUT2D eigenvalue weighted by Gasteiger charge is 2.34. The Hall–Kier alpha value is -3.38. The molecule has 1 heterocycles. The maximum Gasteiger partial charge on any atom is 0.305 e. The lowest BCUT2D eigenvalue weighted by Gasteiger charge is -2.29. The predicted octanol–water partition coefficient (Wildman–Crippen LogP) is 6.71. The normalized spacial score (nSPS) is 15.9. The Kier molecular flexibility index (Phi) is 45.8. The average Bonchev–Trinajstić information content (AvgIpc) is 3.42. The molecule has 1 aliphatic rings. The van der Waals surface area contributed by atoms with Gasteiger partial charge in [-0.1, -0.05) is 154 Å². The van der Waals surface area contributed by atoms with E-state index in [2.05, 4.69) is 38.3 Å². The molecule has 0 aliphatic carbocycles. The van der Waals surface area contributed by atoms with Crippen molar-refractivity contribution in [3.63, 3.8) is 0 Å². The third-order valence-corrected chi connectivity index (χ3v) is 15.3. The van der Waals surface area contributed by atoms with Crippen LogP contribution in [0.4, 0.5) is 0 Å². The topological polar surface area (TPSA) is 285 Å². The third-order valence-electron chi connectivity index (χ3n) is 13.4. The van der Waals surface area contributed by atoms with Crippen LogP contribution >= 0.6 is 23.5 Å². The monoisotopic (exact) mass is 1180 g/mol. The SMILES string of the molecule is CCCCCCCC(=O)OCC(O)CN(CCSC(=O)CCC1NC(=O)C(CCC(=O)SCCN(CC(O)COC(=O)CCCCCCC)CC(O)COC(=O)CCCCCCC)NC1=O)CC(O)COC(=O)CCCCCCC. The summed E-state index contributed by atoms with van der Waals surface area (Å²) in [5, 5.41) is 48.0. The van der Waals surface area contributed by atoms with Crippen LogP contribution in [0, 0.1) is 0 Å². The maximum atomic E-state index is 13.1. The van der Waals surface area contributed by atoms with Crippen molar-refractivity contribution in [1.29, 1.82) is 0 Å². The Labute approximate surface area is 486 Å². The number of aliphatic hydroxyl groups excluding tert-OH is 4. The van der Waals surface area contributed by atoms with Crippen LogP contribution in [0.25, 0.3) is 0 Å². The smallest absolute Gasteiger partial charge is 0.305 e. The Bertz CT molecular complexity index is 1520. The van der Waals surface area contributed by atoms with Gasteiger partial charge in [-0.05, 0) is 38.5 Å². The zero-order chi connectivity index (χ0) is 59.2. The highest BCUT2D eigenvalue weighted by Crippen LogP contribution is 2.17. The molecule has 0 spiro atoms. The number of thioether (sulfide) groups is 2. The number of carbonyl (C=O) groups is 8. The van der Waals surface area contributed by atoms with E-state index < -0.39 is 72.2 Å². The van der Waals surface area contributed by atoms with Crippen molar-refractivity contribution >= 4 is 69.4 Å². The summed E-state index contributed by atoms with van der Waals surface area (Å²) < 4.78 is 21.2. The summed E-state index contributed by atoms with van der Waals surface area (Å²) in [5.41, 5.74) is 0. The molecule has 1 rings (SSSR count). The summed E-state index contributed by atoms with van der Waals surface area (Å²) in [6.45, 7) is 7.99. The lowest BCUT2D eigenvalue weighted by Crippen LogP contribution is -2.61. The molecule has 6 unspecified atom stereocenters. The number of unbranched alkanes of at least 4 members (excludes halogenated alkanes) is 16. The van der Waals surface area contributed by atoms with Gasteiger partial charge in [0.25, 0.3) is 0 Å². The number of aliphatic hydroxyl groups is 4. The van der Waals surface area contributed by atoms with Crippen molar-refractivity contribution in [2.45, 2.75) is 244 Å². The van der Waals surface area contributed by atoms with Gasteiger partial charge in [-0.15, -0.1) is 0 Å². The Morgan fingerprint density at radius 1 is 0.412 bits per heavy atom. The summed E-state index contributed by atoms with van der Waals surface area (Å²) >= 11 is 1.98. The molecule has 1 fully saturated rings. The largest absolute Gasteiger partial charge is 0.463 e. The second-order valence-electron chi connectivity index (χ2n) is 21.2. The van der Waals surface area contributed by atoms with Gasteiger partial charge in [0.2, 0.25) is 11.8 Å². The number of esters is 4. The zero-order valence-electron chi connectivity index (χ0n) is 49.1. The van der Waals surface area contributed by atoms with Gasteiger partial charge in [-0.3, -0.25) is 48.2 Å². The number of amides is 2. The molecule has 2 amide bonds. The molecule has 6 atom stereocenters. The third kappa shape index (κ3) is 41.6. The van der Waals surface area contributed by atoms with Crippen LogP contribution in [-0.2, 0) is 57.3 Å². The minimum atomic E-state index is -1.08. The van der Waals surface area contributed by atoms with Gasteiger partial charge in [0, 0.05) is 89.3 Å². The number of carbonyl (C=O) groups excluding carboxylic acids is 8. The lowest BCUT2D eigenvalue weighted by molar-refractivity contribution is -0.148. The molecule has 0 saturated carbocycles. The highest BCUT2D eigenvalue weighted by molar-refractivity contribution is 8.13. The van der Waals surface area contributed by atoms with E-state index in [1.165, 1.54) is 0 Å². The van der Waals surface area contributed by atoms with Gasteiger partial charge in [0.15, 0.2) is 10.2 Å². The molecule has 0 aromatic carbocycles. The number of hydrogen-bond donors (Lipinski definition) is 6. The summed E-state index contributed by atoms with van der Waals surface area (Å²) in [4.78, 5) is 105. The first kappa shape index (κ1) is 74.6. The summed E-state index contributed by atoms with van der Waals surface area (Å²) in [7, 11) is 0. The first-order valence-corrected chi connectivity index (χ1v) is 32.2. The number of rotatable bonds is 52. The van der Waals surface area contributed by atoms with Gasteiger partial charge in [-0.2, -0.15) is 0 Å². The number of nitrogens with one attached hydrogen (secondary N) is 2. The van der Waals surface area contributed by atoms with Crippen LogP contribution in [0.5, 0.6) is 0 Å². The Morgan fingerprint density at radius 2 is 0.662 bits per heavy atom. The minimum absolute atomic E-state index is 0.0102. The van der Waals surface area contributed by atoms with E-state index in [4.69, 9.17) is 18.9 Å². The molecule has 0 radical (unpaired) electrons. The van der Waals surface area contributed by atoms with Crippen molar-refractivity contribution in [2.75, 3.05) is 77.2 Å². The van der Waals surface area contributed by atoms with Crippen LogP contribution in [0.15, 0.2) is 0 Å². The molecule has 0 bridgehead atoms. The van der Waals surface area contributed by atoms with Crippen molar-refractivity contribution in [3.05, 3.63) is 0 Å². The molecule has 0 aromatic rings. The van der Waals surface area contributed by atoms with Crippen molar-refractivity contribution < 1.29 is 77.7 Å². The van der Waals surface area contributed by atoms with Gasteiger partial charge in [-0.25, -0.2) is 0 Å². The predicted molar refractivity (Wildman–Crippen MR) is 312 cm³/mol. The fourth-order valence-corrected chi connectivity index (χ4v) is 10.5. The van der Waals surface area contributed by atoms with Crippen LogP contribution in [0.1, 0.15) is 207 Å². The number of nitrogens with zero attached hydrogens (tertiary/aromatic N) is 2. The zero-order valence-corrected chi connectivity index (χ0v) is 50.8. The Balaban J connectivity index is 2.68. The van der Waals surface area contributed by atoms with Crippen molar-refractivity contribution in [1.82, 2.24) is 20.4 Å². The molecular formula is C58H104N4O16S2. The maximum absolute atomic E-state index is 13.1. The fraction of sp³-hybridized carbons (Fsp3) is 0.862. The first-order chi connectivity index (χ1) is 38.5. The average molecular weight is 1180 g/mol. The van der Waals surface area contributed by atoms with E-state index >= 15 is 0 Å². The van der Waals surface area contributed by atoms with E-state index in [0.717, 1.165) is 126 Å². The van der Waals surface area contributed by atoms with E-state index in [1.807, 2.05) is 0 Å². The van der Waals surface area contributed by atoms with E-state index in [9.17, 15) is 58.8 Å². The minimum Gasteiger partial charge on any atom is -0.463 e. The van der Waals surface area contributed by atoms with Gasteiger partial charge >= 0.3 is 23.9 Å². The van der Waals surface area contributed by atoms with Crippen LogP contribution in [0.3, 0.4) is 0 Å². The molecule has 464 valence electrons. The van der Waals surface area contributed by atoms with Gasteiger partial charge < -0.3 is 50.0 Å². The summed E-state index contributed by atoms with van der Waals surface area (Å²) in [6.07, 6.45) is 16.1. The van der Waals surface area contributed by atoms with Crippen molar-refractivity contribution in [3.8, 4) is 0 Å². The van der Waals surface area contributed by atoms with E-state index in [0.29, 0.717) is 25.7 Å². The van der Waals surface area contributed by atoms with Crippen LogP contribution in [-0.4, -0.2) is 190 Å². The van der Waals surface area contributed by atoms with Crippen molar-refractivity contribution in [2.24, 2.45) is 0 Å². The number of piperazine rings is 1. The number of ether oxygens (including phenoxy) is 4. The molecule has 1 aliphatic heterocycles. The molecule has 6 N–H and O–H groups in total. The second kappa shape index (κ2) is 49.1. The molecule has 20 nitrogen and oxygen atoms in total. The second-order valence-corrected chi connectivity index (χ2v) is 23.5. The Morgan fingerprint density at radius 3 is 0.912 bits per heavy atom. The molecule has 1 saturated heterocycles. The van der Waals surface area contributed by atoms with Crippen LogP contribution < -0.4 is 10.6 Å². The highest BCUT2D eigenvalue weighted by atomic mass is 32.2. The summed E-state index contributed by atoms with van der Waals surface area (Å²) in [5.74, 6) is -2.08. The molecule has 80 heavy (non-hydrogen) atoms. The first-order valence-electron chi connectivity index (χ1n) is 30.2. The summed E-state index contributed by atoms with van der Waals surface area (Å²) in [6, 6.07) is -1.94. The van der Waals surface area contributed by atoms with Crippen LogP contribution in [0.2, 0.25) is 0 Å². The molecule has 22 heteroatoms. The van der Waals surface area contributed by atoms with Gasteiger partial charge in [0.1, 0.15) is 62.9 Å². The molecular weight excluding hydrogens is 1070 g/mol. The lowest BCUT2D eigenvalue weighted by atomic mass is 10.0. The van der Waals surface area contributed by atoms with Gasteiger partial charge in [0.05, 0.1) is 0 Å². The fourth-order valence-electron chi connectivity index (χ4n) is 8.78. The standard InChI is InChI=1S/C58H104N4O16S2/c1-5-9-13-17-21-25-51(67)75-41-45(63)37-61(38-46(64)42-76-52(68)26-22-18-14-10-6-2)33-35-79-55(71)31-29-49-57(73)60-50(58(74)59-49)30-32-56(72)80-36-34-62(39-47(65)43-77-53(69)27-23-19-15-11-7-3)40-48(66)44-78-54(70)28-24-20-16-12-8-4/h45-50,63-66H,5-44H2,1-4H3,(H,59,74)(H,60,73).